The van der Waals surface area contributed by atoms with E-state index < -0.39 is 0 Å². The highest BCUT2D eigenvalue weighted by atomic mass is 35.5. The van der Waals surface area contributed by atoms with Gasteiger partial charge < -0.3 is 4.90 Å². The van der Waals surface area contributed by atoms with Gasteiger partial charge in [-0.1, -0.05) is 45.2 Å². The van der Waals surface area contributed by atoms with Crippen molar-refractivity contribution in [3.05, 3.63) is 28.5 Å². The van der Waals surface area contributed by atoms with Gasteiger partial charge in [0.2, 0.25) is 0 Å². The molecule has 0 aliphatic heterocycles. The minimum atomic E-state index is 0.0555. The first-order valence-corrected chi connectivity index (χ1v) is 8.22. The highest BCUT2D eigenvalue weighted by molar-refractivity contribution is 6.29. The molecule has 116 valence electrons. The van der Waals surface area contributed by atoms with Crippen molar-refractivity contribution < 1.29 is 4.79 Å². The van der Waals surface area contributed by atoms with Crippen LogP contribution < -0.4 is 0 Å². The van der Waals surface area contributed by atoms with E-state index in [1.54, 1.807) is 6.07 Å². The summed E-state index contributed by atoms with van der Waals surface area (Å²) in [5.74, 6) is 0.878. The van der Waals surface area contributed by atoms with E-state index in [2.05, 4.69) is 25.8 Å². The molecule has 0 radical (unpaired) electrons. The Labute approximate surface area is 132 Å². The van der Waals surface area contributed by atoms with Gasteiger partial charge in [0.1, 0.15) is 5.15 Å². The van der Waals surface area contributed by atoms with Crippen LogP contribution in [0.15, 0.2) is 12.1 Å². The molecule has 0 aromatic carbocycles. The van der Waals surface area contributed by atoms with Gasteiger partial charge in [-0.05, 0) is 36.8 Å². The van der Waals surface area contributed by atoms with E-state index in [0.717, 1.165) is 12.1 Å². The van der Waals surface area contributed by atoms with Crippen LogP contribution in [0, 0.1) is 5.92 Å². The maximum absolute atomic E-state index is 12.8. The molecule has 2 unspecified atom stereocenters. The number of aromatic nitrogens is 1. The molecule has 0 spiro atoms. The molecule has 1 fully saturated rings. The van der Waals surface area contributed by atoms with Crippen LogP contribution in [0.1, 0.15) is 68.4 Å². The number of amides is 1. The molecule has 3 nitrogen and oxygen atoms in total. The van der Waals surface area contributed by atoms with Crippen molar-refractivity contribution in [2.75, 3.05) is 7.05 Å². The van der Waals surface area contributed by atoms with Crippen LogP contribution in [0.25, 0.3) is 0 Å². The fraction of sp³-hybridized carbons (Fsp3) is 0.647. The number of halogens is 1. The van der Waals surface area contributed by atoms with E-state index >= 15 is 0 Å². The minimum Gasteiger partial charge on any atom is -0.338 e. The van der Waals surface area contributed by atoms with Crippen LogP contribution in [0.5, 0.6) is 0 Å². The number of rotatable bonds is 3. The Hall–Kier alpha value is -1.09. The van der Waals surface area contributed by atoms with Crippen LogP contribution in [-0.4, -0.2) is 28.9 Å². The zero-order valence-electron chi connectivity index (χ0n) is 13.4. The van der Waals surface area contributed by atoms with Gasteiger partial charge in [-0.15, -0.1) is 0 Å². The molecule has 1 aromatic rings. The number of carbonyl (C=O) groups is 1. The summed E-state index contributed by atoms with van der Waals surface area (Å²) in [7, 11) is 1.91. The minimum absolute atomic E-state index is 0.0555. The van der Waals surface area contributed by atoms with E-state index in [1.807, 2.05) is 18.0 Å². The van der Waals surface area contributed by atoms with Crippen molar-refractivity contribution in [3.63, 3.8) is 0 Å². The number of pyridine rings is 1. The van der Waals surface area contributed by atoms with Crippen LogP contribution in [-0.2, 0) is 0 Å². The zero-order valence-corrected chi connectivity index (χ0v) is 14.2. The predicted molar refractivity (Wildman–Crippen MR) is 86.8 cm³/mol. The number of hydrogen-bond donors (Lipinski definition) is 0. The summed E-state index contributed by atoms with van der Waals surface area (Å²) in [5, 5.41) is 0.398. The van der Waals surface area contributed by atoms with E-state index in [9.17, 15) is 4.79 Å². The van der Waals surface area contributed by atoms with E-state index in [4.69, 9.17) is 11.6 Å². The maximum atomic E-state index is 12.8. The topological polar surface area (TPSA) is 33.2 Å². The van der Waals surface area contributed by atoms with Gasteiger partial charge in [-0.25, -0.2) is 4.98 Å². The maximum Gasteiger partial charge on any atom is 0.254 e. The monoisotopic (exact) mass is 308 g/mol. The third-order valence-corrected chi connectivity index (χ3v) is 4.73. The summed E-state index contributed by atoms with van der Waals surface area (Å²) in [6, 6.07) is 3.89. The molecule has 1 amide bonds. The summed E-state index contributed by atoms with van der Waals surface area (Å²) >= 11 is 6.08. The summed E-state index contributed by atoms with van der Waals surface area (Å²) in [6.45, 7) is 6.35. The molecule has 2 atom stereocenters. The van der Waals surface area contributed by atoms with Gasteiger partial charge in [0.25, 0.3) is 5.91 Å². The normalized spacial score (nSPS) is 22.4. The quantitative estimate of drug-likeness (QED) is 0.770. The smallest absolute Gasteiger partial charge is 0.254 e. The molecule has 0 bridgehead atoms. The Morgan fingerprint density at radius 3 is 2.62 bits per heavy atom. The molecule has 1 aliphatic carbocycles. The molecule has 1 aliphatic rings. The predicted octanol–water partition coefficient (Wildman–Crippen LogP) is 4.51. The lowest BCUT2D eigenvalue weighted by molar-refractivity contribution is 0.0628. The summed E-state index contributed by atoms with van der Waals surface area (Å²) in [4.78, 5) is 19.0. The second-order valence-electron chi connectivity index (χ2n) is 6.50. The lowest BCUT2D eigenvalue weighted by atomic mass is 9.85. The third kappa shape index (κ3) is 3.76. The molecular formula is C17H25ClN2O. The van der Waals surface area contributed by atoms with Crippen LogP contribution >= 0.6 is 11.6 Å². The summed E-state index contributed by atoms with van der Waals surface area (Å²) in [5.41, 5.74) is 1.52. The van der Waals surface area contributed by atoms with Crippen LogP contribution in [0.4, 0.5) is 0 Å². The van der Waals surface area contributed by atoms with Gasteiger partial charge in [0.05, 0.1) is 0 Å². The average molecular weight is 309 g/mol. The molecule has 1 saturated carbocycles. The Balaban J connectivity index is 2.22. The first-order chi connectivity index (χ1) is 9.90. The SMILES string of the molecule is CC(C)c1cc(C(=O)N(C)C2CCCCC2C)cc(Cl)n1. The fourth-order valence-corrected chi connectivity index (χ4v) is 3.38. The number of nitrogens with zero attached hydrogens (tertiary/aromatic N) is 2. The Kier molecular flexibility index (Phi) is 5.26. The first-order valence-electron chi connectivity index (χ1n) is 7.84. The molecule has 1 heterocycles. The van der Waals surface area contributed by atoms with Crippen molar-refractivity contribution in [1.82, 2.24) is 9.88 Å². The Bertz CT molecular complexity index is 516. The van der Waals surface area contributed by atoms with Crippen molar-refractivity contribution in [1.29, 1.82) is 0 Å². The summed E-state index contributed by atoms with van der Waals surface area (Å²) in [6.07, 6.45) is 4.79. The van der Waals surface area contributed by atoms with Crippen molar-refractivity contribution >= 4 is 17.5 Å². The molecule has 0 saturated heterocycles. The van der Waals surface area contributed by atoms with Crippen molar-refractivity contribution in [3.8, 4) is 0 Å². The van der Waals surface area contributed by atoms with Gasteiger partial charge in [0.15, 0.2) is 0 Å². The number of carbonyl (C=O) groups excluding carboxylic acids is 1. The standard InChI is InChI=1S/C17H25ClN2O/c1-11(2)14-9-13(10-16(18)19-14)17(21)20(4)15-8-6-5-7-12(15)3/h9-12,15H,5-8H2,1-4H3. The van der Waals surface area contributed by atoms with Crippen molar-refractivity contribution in [2.45, 2.75) is 58.4 Å². The lowest BCUT2D eigenvalue weighted by Gasteiger charge is -2.36. The average Bonchev–Trinajstić information content (AvgIpc) is 2.45. The van der Waals surface area contributed by atoms with E-state index in [-0.39, 0.29) is 11.8 Å². The van der Waals surface area contributed by atoms with Gasteiger partial charge in [0, 0.05) is 24.3 Å². The highest BCUT2D eigenvalue weighted by Crippen LogP contribution is 2.28. The van der Waals surface area contributed by atoms with Crippen molar-refractivity contribution in [2.24, 2.45) is 5.92 Å². The van der Waals surface area contributed by atoms with Gasteiger partial charge >= 0.3 is 0 Å². The van der Waals surface area contributed by atoms with Gasteiger partial charge in [-0.3, -0.25) is 4.79 Å². The van der Waals surface area contributed by atoms with E-state index in [1.165, 1.54) is 19.3 Å². The zero-order chi connectivity index (χ0) is 15.6. The molecule has 21 heavy (non-hydrogen) atoms. The molecule has 4 heteroatoms. The van der Waals surface area contributed by atoms with E-state index in [0.29, 0.717) is 22.7 Å². The van der Waals surface area contributed by atoms with Crippen LogP contribution in [0.3, 0.4) is 0 Å². The molecule has 2 rings (SSSR count). The highest BCUT2D eigenvalue weighted by Gasteiger charge is 2.28. The molecule has 1 aromatic heterocycles. The molecular weight excluding hydrogens is 284 g/mol. The van der Waals surface area contributed by atoms with Gasteiger partial charge in [-0.2, -0.15) is 0 Å². The third-order valence-electron chi connectivity index (χ3n) is 4.54. The fourth-order valence-electron chi connectivity index (χ4n) is 3.16. The second-order valence-corrected chi connectivity index (χ2v) is 6.89. The molecule has 0 N–H and O–H groups in total. The second kappa shape index (κ2) is 6.78. The summed E-state index contributed by atoms with van der Waals surface area (Å²) < 4.78 is 0. The first kappa shape index (κ1) is 16.3. The van der Waals surface area contributed by atoms with Crippen LogP contribution in [0.2, 0.25) is 5.15 Å². The Morgan fingerprint density at radius 1 is 1.33 bits per heavy atom. The number of hydrogen-bond acceptors (Lipinski definition) is 2. The Morgan fingerprint density at radius 2 is 2.00 bits per heavy atom. The largest absolute Gasteiger partial charge is 0.338 e. The lowest BCUT2D eigenvalue weighted by Crippen LogP contribution is -2.42.